The molecule has 2 N–H and O–H groups in total. The Morgan fingerprint density at radius 1 is 1.09 bits per heavy atom. The fourth-order valence-corrected chi connectivity index (χ4v) is 4.15. The van der Waals surface area contributed by atoms with Crippen molar-refractivity contribution < 1.29 is 4.79 Å². The van der Waals surface area contributed by atoms with Crippen LogP contribution in [-0.2, 0) is 6.42 Å². The average Bonchev–Trinajstić information content (AvgIpc) is 3.15. The summed E-state index contributed by atoms with van der Waals surface area (Å²) in [5, 5.41) is 1.42. The summed E-state index contributed by atoms with van der Waals surface area (Å²) >= 11 is 7.73. The molecule has 0 unspecified atom stereocenters. The van der Waals surface area contributed by atoms with E-state index in [2.05, 4.69) is 23.0 Å². The number of hydrazine groups is 1. The molecular weight excluding hydrogens is 328 g/mol. The molecule has 5 heteroatoms. The summed E-state index contributed by atoms with van der Waals surface area (Å²) in [6.45, 7) is 0. The Labute approximate surface area is 142 Å². The molecule has 0 saturated heterocycles. The normalized spacial score (nSPS) is 12.8. The van der Waals surface area contributed by atoms with Gasteiger partial charge >= 0.3 is 0 Å². The molecule has 0 spiro atoms. The van der Waals surface area contributed by atoms with Crippen molar-refractivity contribution in [2.45, 2.75) is 6.42 Å². The number of halogens is 1. The van der Waals surface area contributed by atoms with Crippen LogP contribution in [0.1, 0.15) is 20.8 Å². The van der Waals surface area contributed by atoms with Crippen molar-refractivity contribution in [2.24, 2.45) is 0 Å². The van der Waals surface area contributed by atoms with Crippen molar-refractivity contribution in [1.82, 2.24) is 10.9 Å². The summed E-state index contributed by atoms with van der Waals surface area (Å²) in [6, 6.07) is 15.9. The molecule has 0 atom stereocenters. The van der Waals surface area contributed by atoms with Crippen LogP contribution in [0.25, 0.3) is 15.8 Å². The van der Waals surface area contributed by atoms with Gasteiger partial charge in [0.1, 0.15) is 4.88 Å². The van der Waals surface area contributed by atoms with Gasteiger partial charge in [-0.25, -0.2) is 0 Å². The van der Waals surface area contributed by atoms with E-state index in [1.807, 2.05) is 42.5 Å². The molecule has 0 radical (unpaired) electrons. The Morgan fingerprint density at radius 2 is 1.87 bits per heavy atom. The first-order chi connectivity index (χ1) is 11.2. The van der Waals surface area contributed by atoms with Crippen LogP contribution in [0.4, 0.5) is 0 Å². The van der Waals surface area contributed by atoms with Gasteiger partial charge in [0.15, 0.2) is 0 Å². The molecule has 1 aliphatic carbocycles. The Morgan fingerprint density at radius 3 is 2.74 bits per heavy atom. The van der Waals surface area contributed by atoms with Gasteiger partial charge in [0.2, 0.25) is 0 Å². The molecule has 3 nitrogen and oxygen atoms in total. The fourth-order valence-electron chi connectivity index (χ4n) is 2.74. The molecule has 0 aliphatic heterocycles. The van der Waals surface area contributed by atoms with Crippen LogP contribution in [0.15, 0.2) is 54.6 Å². The summed E-state index contributed by atoms with van der Waals surface area (Å²) < 4.78 is 1.01. The highest BCUT2D eigenvalue weighted by Crippen LogP contribution is 2.35. The van der Waals surface area contributed by atoms with E-state index in [-0.39, 0.29) is 5.91 Å². The van der Waals surface area contributed by atoms with Gasteiger partial charge in [0, 0.05) is 15.6 Å². The van der Waals surface area contributed by atoms with Gasteiger partial charge in [0.05, 0.1) is 10.7 Å². The van der Waals surface area contributed by atoms with Crippen molar-refractivity contribution >= 4 is 44.6 Å². The van der Waals surface area contributed by atoms with E-state index in [9.17, 15) is 4.79 Å². The molecule has 1 aromatic heterocycles. The van der Waals surface area contributed by atoms with Crippen molar-refractivity contribution in [3.05, 3.63) is 75.6 Å². The lowest BCUT2D eigenvalue weighted by atomic mass is 10.1. The lowest BCUT2D eigenvalue weighted by Gasteiger charge is -2.10. The summed E-state index contributed by atoms with van der Waals surface area (Å²) in [5.41, 5.74) is 9.07. The summed E-state index contributed by atoms with van der Waals surface area (Å²) in [6.07, 6.45) is 2.94. The summed E-state index contributed by atoms with van der Waals surface area (Å²) in [4.78, 5) is 12.9. The zero-order valence-electron chi connectivity index (χ0n) is 12.1. The number of allylic oxidation sites excluding steroid dienone is 1. The Balaban J connectivity index is 1.53. The summed E-state index contributed by atoms with van der Waals surface area (Å²) in [7, 11) is 0. The second kappa shape index (κ2) is 5.72. The van der Waals surface area contributed by atoms with E-state index in [4.69, 9.17) is 11.6 Å². The van der Waals surface area contributed by atoms with Crippen LogP contribution < -0.4 is 10.9 Å². The van der Waals surface area contributed by atoms with E-state index in [1.165, 1.54) is 16.9 Å². The molecule has 2 aromatic carbocycles. The molecule has 1 amide bonds. The van der Waals surface area contributed by atoms with E-state index in [0.717, 1.165) is 27.8 Å². The molecule has 0 saturated carbocycles. The quantitative estimate of drug-likeness (QED) is 0.694. The second-order valence-electron chi connectivity index (χ2n) is 5.30. The fraction of sp³-hybridized carbons (Fsp3) is 0.0556. The monoisotopic (exact) mass is 340 g/mol. The van der Waals surface area contributed by atoms with Crippen LogP contribution in [0.2, 0.25) is 5.02 Å². The number of hydrogen-bond acceptors (Lipinski definition) is 3. The molecule has 114 valence electrons. The van der Waals surface area contributed by atoms with Gasteiger partial charge in [-0.3, -0.25) is 15.6 Å². The van der Waals surface area contributed by atoms with Gasteiger partial charge in [-0.2, -0.15) is 0 Å². The van der Waals surface area contributed by atoms with Crippen LogP contribution in [0.5, 0.6) is 0 Å². The number of benzene rings is 2. The Bertz CT molecular complexity index is 945. The first kappa shape index (κ1) is 14.3. The molecule has 23 heavy (non-hydrogen) atoms. The smallest absolute Gasteiger partial charge is 0.281 e. The van der Waals surface area contributed by atoms with E-state index in [1.54, 1.807) is 0 Å². The molecule has 4 rings (SSSR count). The largest absolute Gasteiger partial charge is 0.298 e. The third-order valence-electron chi connectivity index (χ3n) is 3.89. The van der Waals surface area contributed by atoms with Crippen molar-refractivity contribution in [3.63, 3.8) is 0 Å². The first-order valence-electron chi connectivity index (χ1n) is 7.26. The standard InChI is InChI=1S/C18H13ClN2OS/c19-16-13-7-3-4-8-15(13)23-17(16)18(22)21-20-14-10-9-11-5-1-2-6-12(11)14/h1-8,10,20H,9H2,(H,21,22). The van der Waals surface area contributed by atoms with Gasteiger partial charge < -0.3 is 0 Å². The minimum atomic E-state index is -0.221. The number of fused-ring (bicyclic) bond motifs is 2. The molecule has 1 heterocycles. The van der Waals surface area contributed by atoms with Crippen LogP contribution >= 0.6 is 22.9 Å². The lowest BCUT2D eigenvalue weighted by Crippen LogP contribution is -2.35. The highest BCUT2D eigenvalue weighted by molar-refractivity contribution is 7.21. The molecule has 0 bridgehead atoms. The number of carbonyl (C=O) groups excluding carboxylic acids is 1. The third kappa shape index (κ3) is 2.50. The molecule has 3 aromatic rings. The number of amides is 1. The second-order valence-corrected chi connectivity index (χ2v) is 6.73. The van der Waals surface area contributed by atoms with E-state index >= 15 is 0 Å². The van der Waals surface area contributed by atoms with Crippen LogP contribution in [0, 0.1) is 0 Å². The third-order valence-corrected chi connectivity index (χ3v) is 5.56. The minimum absolute atomic E-state index is 0.221. The molecule has 1 aliphatic rings. The highest BCUT2D eigenvalue weighted by atomic mass is 35.5. The zero-order chi connectivity index (χ0) is 15.8. The first-order valence-corrected chi connectivity index (χ1v) is 8.45. The average molecular weight is 341 g/mol. The SMILES string of the molecule is O=C(NNC1=CCc2ccccc21)c1sc2ccccc2c1Cl. The number of rotatable bonds is 3. The topological polar surface area (TPSA) is 41.1 Å². The number of nitrogens with one attached hydrogen (secondary N) is 2. The van der Waals surface area contributed by atoms with E-state index in [0.29, 0.717) is 9.90 Å². The predicted octanol–water partition coefficient (Wildman–Crippen LogP) is 4.39. The maximum atomic E-state index is 12.4. The molecule has 0 fully saturated rings. The maximum Gasteiger partial charge on any atom is 0.281 e. The Kier molecular flexibility index (Phi) is 3.56. The highest BCUT2D eigenvalue weighted by Gasteiger charge is 2.18. The van der Waals surface area contributed by atoms with Gasteiger partial charge in [0.25, 0.3) is 5.91 Å². The minimum Gasteiger partial charge on any atom is -0.298 e. The van der Waals surface area contributed by atoms with Gasteiger partial charge in [-0.1, -0.05) is 60.1 Å². The maximum absolute atomic E-state index is 12.4. The van der Waals surface area contributed by atoms with Crippen molar-refractivity contribution in [2.75, 3.05) is 0 Å². The lowest BCUT2D eigenvalue weighted by molar-refractivity contribution is 0.0947. The zero-order valence-corrected chi connectivity index (χ0v) is 13.7. The number of hydrogen-bond donors (Lipinski definition) is 2. The number of carbonyl (C=O) groups is 1. The van der Waals surface area contributed by atoms with E-state index < -0.39 is 0 Å². The summed E-state index contributed by atoms with van der Waals surface area (Å²) in [5.74, 6) is -0.221. The van der Waals surface area contributed by atoms with Crippen LogP contribution in [0.3, 0.4) is 0 Å². The molecular formula is C18H13ClN2OS. The Hall–Kier alpha value is -2.30. The predicted molar refractivity (Wildman–Crippen MR) is 95.6 cm³/mol. The number of thiophene rings is 1. The van der Waals surface area contributed by atoms with Gasteiger partial charge in [-0.05, 0) is 18.1 Å². The van der Waals surface area contributed by atoms with Gasteiger partial charge in [-0.15, -0.1) is 11.3 Å². The van der Waals surface area contributed by atoms with Crippen molar-refractivity contribution in [3.8, 4) is 0 Å². The van der Waals surface area contributed by atoms with Crippen LogP contribution in [-0.4, -0.2) is 5.91 Å². The van der Waals surface area contributed by atoms with Crippen molar-refractivity contribution in [1.29, 1.82) is 0 Å².